The number of morpholine rings is 2. The number of hydrogen-bond acceptors (Lipinski definition) is 7. The lowest BCUT2D eigenvalue weighted by Gasteiger charge is -2.30. The monoisotopic (exact) mass is 576 g/mol. The van der Waals surface area contributed by atoms with Gasteiger partial charge in [0.2, 0.25) is 0 Å². The first kappa shape index (κ1) is 28.0. The first-order valence-corrected chi connectivity index (χ1v) is 14.2. The van der Waals surface area contributed by atoms with Gasteiger partial charge in [0.15, 0.2) is 0 Å². The number of nitrogens with zero attached hydrogens (tertiary/aromatic N) is 6. The van der Waals surface area contributed by atoms with Gasteiger partial charge in [0.05, 0.1) is 43.8 Å². The summed E-state index contributed by atoms with van der Waals surface area (Å²) < 4.78 is 54.1. The van der Waals surface area contributed by atoms with Gasteiger partial charge in [-0.2, -0.15) is 23.0 Å². The van der Waals surface area contributed by atoms with Gasteiger partial charge < -0.3 is 24.2 Å². The molecule has 4 aliphatic heterocycles. The molecule has 0 N–H and O–H groups in total. The van der Waals surface area contributed by atoms with Crippen molar-refractivity contribution in [3.63, 3.8) is 0 Å². The Morgan fingerprint density at radius 2 is 1.61 bits per heavy atom. The Hall–Kier alpha value is -3.16. The van der Waals surface area contributed by atoms with Gasteiger partial charge in [-0.05, 0) is 37.1 Å². The number of alkyl halides is 3. The van der Waals surface area contributed by atoms with Crippen molar-refractivity contribution in [2.24, 2.45) is 5.41 Å². The second-order valence-electron chi connectivity index (χ2n) is 11.4. The third kappa shape index (κ3) is 5.93. The van der Waals surface area contributed by atoms with E-state index >= 15 is 0 Å². The number of rotatable bonds is 4. The van der Waals surface area contributed by atoms with Crippen LogP contribution in [0, 0.1) is 5.41 Å². The zero-order valence-electron chi connectivity index (χ0n) is 22.9. The number of carbonyl (C=O) groups is 2. The summed E-state index contributed by atoms with van der Waals surface area (Å²) in [6.45, 7) is 6.71. The lowest BCUT2D eigenvalue weighted by molar-refractivity contribution is -0.138. The molecule has 0 saturated carbocycles. The van der Waals surface area contributed by atoms with Crippen LogP contribution in [0.25, 0.3) is 0 Å². The number of amides is 2. The van der Waals surface area contributed by atoms with E-state index in [-0.39, 0.29) is 29.5 Å². The molecule has 1 spiro atoms. The number of likely N-dealkylation sites (tertiary alicyclic amines) is 2. The Kier molecular flexibility index (Phi) is 7.68. The number of aromatic nitrogens is 2. The van der Waals surface area contributed by atoms with E-state index in [1.54, 1.807) is 21.9 Å². The second kappa shape index (κ2) is 11.3. The average molecular weight is 577 g/mol. The highest BCUT2D eigenvalue weighted by molar-refractivity contribution is 5.94. The smallest absolute Gasteiger partial charge is 0.378 e. The highest BCUT2D eigenvalue weighted by atomic mass is 19.4. The van der Waals surface area contributed by atoms with Crippen molar-refractivity contribution in [2.75, 3.05) is 83.7 Å². The van der Waals surface area contributed by atoms with E-state index in [9.17, 15) is 22.8 Å². The molecule has 2 amide bonds. The maximum Gasteiger partial charge on any atom is 0.416 e. The molecular formula is C28H35F3N6O4. The minimum atomic E-state index is -4.45. The van der Waals surface area contributed by atoms with Crippen molar-refractivity contribution in [2.45, 2.75) is 25.6 Å². The Morgan fingerprint density at radius 1 is 0.902 bits per heavy atom. The van der Waals surface area contributed by atoms with E-state index in [0.717, 1.165) is 12.8 Å². The molecule has 1 aromatic heterocycles. The summed E-state index contributed by atoms with van der Waals surface area (Å²) >= 11 is 0. The van der Waals surface area contributed by atoms with Crippen molar-refractivity contribution in [3.8, 4) is 0 Å². The molecule has 0 aliphatic carbocycles. The average Bonchev–Trinajstić information content (AvgIpc) is 3.74. The van der Waals surface area contributed by atoms with Crippen molar-refractivity contribution in [1.82, 2.24) is 24.5 Å². The first-order valence-electron chi connectivity index (χ1n) is 14.2. The molecule has 10 nitrogen and oxygen atoms in total. The predicted octanol–water partition coefficient (Wildman–Crippen LogP) is 2.78. The van der Waals surface area contributed by atoms with Crippen LogP contribution in [0.1, 0.15) is 34.3 Å². The number of ether oxygens (including phenoxy) is 2. The fourth-order valence-corrected chi connectivity index (χ4v) is 6.45. The largest absolute Gasteiger partial charge is 0.416 e. The number of carbonyl (C=O) groups excluding carboxylic acids is 2. The van der Waals surface area contributed by atoms with E-state index in [2.05, 4.69) is 10.00 Å². The molecule has 1 unspecified atom stereocenters. The van der Waals surface area contributed by atoms with E-state index in [1.807, 2.05) is 4.90 Å². The van der Waals surface area contributed by atoms with E-state index < -0.39 is 11.7 Å². The van der Waals surface area contributed by atoms with Crippen molar-refractivity contribution in [3.05, 3.63) is 47.3 Å². The molecule has 41 heavy (non-hydrogen) atoms. The van der Waals surface area contributed by atoms with Gasteiger partial charge >= 0.3 is 12.2 Å². The highest BCUT2D eigenvalue weighted by Crippen LogP contribution is 2.41. The Morgan fingerprint density at radius 3 is 2.34 bits per heavy atom. The zero-order chi connectivity index (χ0) is 28.6. The Bertz CT molecular complexity index is 1270. The van der Waals surface area contributed by atoms with Crippen LogP contribution in [0.3, 0.4) is 0 Å². The van der Waals surface area contributed by atoms with Gasteiger partial charge in [0.25, 0.3) is 5.91 Å². The molecule has 6 rings (SSSR count). The summed E-state index contributed by atoms with van der Waals surface area (Å²) in [5, 5.41) is 4.16. The van der Waals surface area contributed by atoms with Crippen LogP contribution in [0.5, 0.6) is 0 Å². The van der Waals surface area contributed by atoms with Crippen molar-refractivity contribution in [1.29, 1.82) is 0 Å². The molecule has 13 heteroatoms. The van der Waals surface area contributed by atoms with Crippen LogP contribution in [-0.4, -0.2) is 115 Å². The summed E-state index contributed by atoms with van der Waals surface area (Å²) in [6, 6.07) is 4.36. The zero-order valence-corrected chi connectivity index (χ0v) is 22.9. The number of halogens is 3. The van der Waals surface area contributed by atoms with Gasteiger partial charge in [-0.15, -0.1) is 0 Å². The number of hydrogen-bond donors (Lipinski definition) is 0. The molecule has 4 fully saturated rings. The molecule has 222 valence electrons. The molecule has 1 aromatic carbocycles. The normalized spacial score (nSPS) is 24.0. The molecule has 0 bridgehead atoms. The summed E-state index contributed by atoms with van der Waals surface area (Å²) in [4.78, 5) is 33.4. The Balaban J connectivity index is 1.09. The molecule has 4 aliphatic rings. The first-order chi connectivity index (χ1) is 19.7. The standard InChI is InChI=1S/C28H35F3N6O4/c29-28(30,31)24-15-23(34-7-11-40-12-8-34)2-1-21(24)17-33-5-3-27(19-33)4-6-36(20-27)26(39)37-18-22(16-32-37)25(38)35-9-13-41-14-10-35/h1-2,15-16,18H,3-14,17,19-20H2. The molecule has 0 radical (unpaired) electrons. The molecule has 1 atom stereocenters. The molecule has 2 aromatic rings. The van der Waals surface area contributed by atoms with Gasteiger partial charge in [0.1, 0.15) is 0 Å². The summed E-state index contributed by atoms with van der Waals surface area (Å²) in [6.07, 6.45) is 0.0339. The van der Waals surface area contributed by atoms with Crippen LogP contribution in [-0.2, 0) is 22.2 Å². The molecule has 5 heterocycles. The lowest BCUT2D eigenvalue weighted by Crippen LogP contribution is -2.40. The van der Waals surface area contributed by atoms with Gasteiger partial charge in [-0.1, -0.05) is 6.07 Å². The maximum atomic E-state index is 14.1. The van der Waals surface area contributed by atoms with Gasteiger partial charge in [-0.25, -0.2) is 4.79 Å². The third-order valence-corrected chi connectivity index (χ3v) is 8.72. The third-order valence-electron chi connectivity index (χ3n) is 8.72. The fraction of sp³-hybridized carbons (Fsp3) is 0.607. The van der Waals surface area contributed by atoms with Gasteiger partial charge in [-0.3, -0.25) is 9.69 Å². The quantitative estimate of drug-likeness (QED) is 0.554. The minimum absolute atomic E-state index is 0.165. The fourth-order valence-electron chi connectivity index (χ4n) is 6.45. The van der Waals surface area contributed by atoms with E-state index in [4.69, 9.17) is 9.47 Å². The minimum Gasteiger partial charge on any atom is -0.378 e. The summed E-state index contributed by atoms with van der Waals surface area (Å²) in [5.41, 5.74) is 0.446. The van der Waals surface area contributed by atoms with Crippen LogP contribution in [0.15, 0.2) is 30.6 Å². The second-order valence-corrected chi connectivity index (χ2v) is 11.4. The highest BCUT2D eigenvalue weighted by Gasteiger charge is 2.45. The van der Waals surface area contributed by atoms with E-state index in [1.165, 1.54) is 23.1 Å². The van der Waals surface area contributed by atoms with E-state index in [0.29, 0.717) is 90.0 Å². The lowest BCUT2D eigenvalue weighted by atomic mass is 9.86. The van der Waals surface area contributed by atoms with Gasteiger partial charge in [0, 0.05) is 69.7 Å². The van der Waals surface area contributed by atoms with Crippen molar-refractivity contribution >= 4 is 17.6 Å². The van der Waals surface area contributed by atoms with Crippen LogP contribution >= 0.6 is 0 Å². The number of anilines is 1. The predicted molar refractivity (Wildman–Crippen MR) is 143 cm³/mol. The topological polar surface area (TPSA) is 83.4 Å². The molecule has 4 saturated heterocycles. The number of benzene rings is 1. The summed E-state index contributed by atoms with van der Waals surface area (Å²) in [7, 11) is 0. The maximum absolute atomic E-state index is 14.1. The van der Waals surface area contributed by atoms with Crippen LogP contribution < -0.4 is 4.90 Å². The van der Waals surface area contributed by atoms with Crippen LogP contribution in [0.4, 0.5) is 23.7 Å². The van der Waals surface area contributed by atoms with Crippen molar-refractivity contribution < 1.29 is 32.2 Å². The molecular weight excluding hydrogens is 541 g/mol. The summed E-state index contributed by atoms with van der Waals surface area (Å²) in [5.74, 6) is -0.173. The van der Waals surface area contributed by atoms with Crippen LogP contribution in [0.2, 0.25) is 0 Å². The SMILES string of the molecule is O=C(c1cnn(C(=O)N2CCC3(CCN(Cc4ccc(N5CCOCC5)cc4C(F)(F)F)C3)C2)c1)N1CCOCC1. The Labute approximate surface area is 236 Å².